The van der Waals surface area contributed by atoms with Crippen molar-refractivity contribution in [3.05, 3.63) is 17.8 Å². The van der Waals surface area contributed by atoms with E-state index in [1.165, 1.54) is 0 Å². The van der Waals surface area contributed by atoms with Crippen LogP contribution in [0.4, 0.5) is 8.78 Å². The average molecular weight is 276 g/mol. The third kappa shape index (κ3) is 7.89. The Labute approximate surface area is 112 Å². The zero-order valence-electron chi connectivity index (χ0n) is 11.3. The first-order valence-corrected chi connectivity index (χ1v) is 6.72. The van der Waals surface area contributed by atoms with Gasteiger partial charge in [0.2, 0.25) is 0 Å². The molecule has 0 saturated carbocycles. The highest BCUT2D eigenvalue weighted by Crippen LogP contribution is 2.07. The molecule has 110 valence electrons. The molecule has 1 heterocycles. The highest BCUT2D eigenvalue weighted by Gasteiger charge is 2.05. The fourth-order valence-electron chi connectivity index (χ4n) is 1.59. The summed E-state index contributed by atoms with van der Waals surface area (Å²) < 4.78 is 33.9. The Hall–Kier alpha value is -1.01. The lowest BCUT2D eigenvalue weighted by Gasteiger charge is -2.01. The Morgan fingerprint density at radius 3 is 2.95 bits per heavy atom. The molecule has 0 aliphatic heterocycles. The van der Waals surface area contributed by atoms with Gasteiger partial charge in [-0.05, 0) is 25.9 Å². The molecule has 1 N–H and O–H groups in total. The fraction of sp³-hybridized carbons (Fsp3) is 0.769. The Bertz CT molecular complexity index is 332. The van der Waals surface area contributed by atoms with E-state index in [2.05, 4.69) is 17.2 Å². The van der Waals surface area contributed by atoms with Crippen LogP contribution in [0, 0.1) is 0 Å². The highest BCUT2D eigenvalue weighted by molar-refractivity contribution is 4.94. The monoisotopic (exact) mass is 276 g/mol. The highest BCUT2D eigenvalue weighted by atomic mass is 19.3. The molecule has 0 saturated heterocycles. The van der Waals surface area contributed by atoms with Gasteiger partial charge in [-0.3, -0.25) is 0 Å². The second kappa shape index (κ2) is 9.86. The topological polar surface area (TPSA) is 47.3 Å². The summed E-state index contributed by atoms with van der Waals surface area (Å²) in [6, 6.07) is 0. The molecule has 19 heavy (non-hydrogen) atoms. The van der Waals surface area contributed by atoms with Crippen LogP contribution in [0.2, 0.25) is 0 Å². The second-order valence-electron chi connectivity index (χ2n) is 4.29. The van der Waals surface area contributed by atoms with Gasteiger partial charge in [-0.25, -0.2) is 13.8 Å². The van der Waals surface area contributed by atoms with E-state index in [9.17, 15) is 8.78 Å². The molecule has 0 bridgehead atoms. The van der Waals surface area contributed by atoms with Gasteiger partial charge >= 0.3 is 0 Å². The molecule has 1 aromatic rings. The van der Waals surface area contributed by atoms with Gasteiger partial charge in [0.05, 0.1) is 12.8 Å². The second-order valence-corrected chi connectivity index (χ2v) is 4.29. The number of nitrogens with one attached hydrogen (secondary N) is 1. The molecule has 1 rings (SSSR count). The summed E-state index contributed by atoms with van der Waals surface area (Å²) in [7, 11) is 0. The summed E-state index contributed by atoms with van der Waals surface area (Å²) in [6.07, 6.45) is 2.59. The molecule has 0 aliphatic carbocycles. The summed E-state index contributed by atoms with van der Waals surface area (Å²) in [4.78, 5) is 4.15. The van der Waals surface area contributed by atoms with Crippen LogP contribution in [0.15, 0.2) is 10.6 Å². The first-order chi connectivity index (χ1) is 9.22. The minimum absolute atomic E-state index is 0.233. The Kier molecular flexibility index (Phi) is 8.33. The van der Waals surface area contributed by atoms with E-state index in [4.69, 9.17) is 9.15 Å². The maximum absolute atomic E-state index is 11.8. The third-order valence-electron chi connectivity index (χ3n) is 2.51. The predicted molar refractivity (Wildman–Crippen MR) is 68.5 cm³/mol. The van der Waals surface area contributed by atoms with Crippen LogP contribution in [0.1, 0.15) is 31.4 Å². The molecule has 0 unspecified atom stereocenters. The van der Waals surface area contributed by atoms with E-state index in [-0.39, 0.29) is 6.61 Å². The average Bonchev–Trinajstić information content (AvgIpc) is 2.82. The minimum Gasteiger partial charge on any atom is -0.446 e. The molecule has 6 heteroatoms. The van der Waals surface area contributed by atoms with Crippen LogP contribution in [-0.4, -0.2) is 37.7 Å². The molecule has 4 nitrogen and oxygen atoms in total. The van der Waals surface area contributed by atoms with Gasteiger partial charge in [0.1, 0.15) is 12.4 Å². The first-order valence-electron chi connectivity index (χ1n) is 6.72. The smallest absolute Gasteiger partial charge is 0.261 e. The quantitative estimate of drug-likeness (QED) is 0.631. The number of halogens is 2. The number of hydrogen-bond donors (Lipinski definition) is 1. The van der Waals surface area contributed by atoms with E-state index in [1.807, 2.05) is 0 Å². The lowest BCUT2D eigenvalue weighted by molar-refractivity contribution is 0.0176. The first kappa shape index (κ1) is 16.0. The Morgan fingerprint density at radius 1 is 1.37 bits per heavy atom. The van der Waals surface area contributed by atoms with Gasteiger partial charge in [0.25, 0.3) is 6.43 Å². The lowest BCUT2D eigenvalue weighted by atomic mass is 10.3. The molecule has 0 fully saturated rings. The molecule has 0 radical (unpaired) electrons. The number of oxazole rings is 1. The van der Waals surface area contributed by atoms with Crippen molar-refractivity contribution in [3.8, 4) is 0 Å². The number of alkyl halides is 2. The molecule has 0 spiro atoms. The molecular formula is C13H22F2N2O2. The fourth-order valence-corrected chi connectivity index (χ4v) is 1.59. The maximum atomic E-state index is 11.8. The van der Waals surface area contributed by atoms with Crippen LogP contribution in [0.5, 0.6) is 0 Å². The minimum atomic E-state index is -2.42. The van der Waals surface area contributed by atoms with Gasteiger partial charge in [-0.1, -0.05) is 6.92 Å². The zero-order valence-corrected chi connectivity index (χ0v) is 11.3. The van der Waals surface area contributed by atoms with Gasteiger partial charge in [0.15, 0.2) is 5.89 Å². The van der Waals surface area contributed by atoms with E-state index < -0.39 is 13.0 Å². The molecule has 0 amide bonds. The zero-order chi connectivity index (χ0) is 13.9. The number of ether oxygens (including phenoxy) is 1. The van der Waals surface area contributed by atoms with Crippen molar-refractivity contribution in [2.45, 2.75) is 39.0 Å². The SMILES string of the molecule is CCCNCCCc1ncc(CCOCC(F)F)o1. The van der Waals surface area contributed by atoms with Crippen molar-refractivity contribution in [2.75, 3.05) is 26.3 Å². The number of rotatable bonds is 11. The van der Waals surface area contributed by atoms with Crippen molar-refractivity contribution in [2.24, 2.45) is 0 Å². The summed E-state index contributed by atoms with van der Waals surface area (Å²) in [5.74, 6) is 1.38. The van der Waals surface area contributed by atoms with E-state index in [0.717, 1.165) is 32.4 Å². The van der Waals surface area contributed by atoms with Crippen LogP contribution in [-0.2, 0) is 17.6 Å². The summed E-state index contributed by atoms with van der Waals surface area (Å²) >= 11 is 0. The van der Waals surface area contributed by atoms with Gasteiger partial charge < -0.3 is 14.5 Å². The van der Waals surface area contributed by atoms with Crippen molar-refractivity contribution in [1.29, 1.82) is 0 Å². The van der Waals surface area contributed by atoms with Crippen molar-refractivity contribution < 1.29 is 17.9 Å². The standard InChI is InChI=1S/C13H22F2N2O2/c1-2-6-16-7-3-4-13-17-9-11(19-13)5-8-18-10-12(14)15/h9,12,16H,2-8,10H2,1H3. The third-order valence-corrected chi connectivity index (χ3v) is 2.51. The van der Waals surface area contributed by atoms with Gasteiger partial charge in [-0.2, -0.15) is 0 Å². The van der Waals surface area contributed by atoms with Crippen molar-refractivity contribution in [3.63, 3.8) is 0 Å². The van der Waals surface area contributed by atoms with Crippen LogP contribution < -0.4 is 5.32 Å². The largest absolute Gasteiger partial charge is 0.446 e. The number of nitrogens with zero attached hydrogens (tertiary/aromatic N) is 1. The van der Waals surface area contributed by atoms with E-state index in [0.29, 0.717) is 18.1 Å². The number of aromatic nitrogens is 1. The van der Waals surface area contributed by atoms with E-state index >= 15 is 0 Å². The molecule has 0 aliphatic rings. The van der Waals surface area contributed by atoms with Crippen molar-refractivity contribution >= 4 is 0 Å². The van der Waals surface area contributed by atoms with E-state index in [1.54, 1.807) is 6.20 Å². The number of aryl methyl sites for hydroxylation is 1. The molecule has 0 aromatic carbocycles. The normalized spacial score (nSPS) is 11.4. The van der Waals surface area contributed by atoms with Crippen LogP contribution in [0.3, 0.4) is 0 Å². The summed E-state index contributed by atoms with van der Waals surface area (Å²) in [5, 5.41) is 3.30. The summed E-state index contributed by atoms with van der Waals surface area (Å²) in [5.41, 5.74) is 0. The Balaban J connectivity index is 2.10. The lowest BCUT2D eigenvalue weighted by Crippen LogP contribution is -2.16. The number of hydrogen-bond acceptors (Lipinski definition) is 4. The molecule has 0 atom stereocenters. The van der Waals surface area contributed by atoms with Gasteiger partial charge in [0, 0.05) is 12.8 Å². The molecule has 1 aromatic heterocycles. The Morgan fingerprint density at radius 2 is 2.21 bits per heavy atom. The van der Waals surface area contributed by atoms with Gasteiger partial charge in [-0.15, -0.1) is 0 Å². The maximum Gasteiger partial charge on any atom is 0.261 e. The predicted octanol–water partition coefficient (Wildman–Crippen LogP) is 2.43. The molecular weight excluding hydrogens is 254 g/mol. The van der Waals surface area contributed by atoms with Crippen LogP contribution in [0.25, 0.3) is 0 Å². The van der Waals surface area contributed by atoms with Crippen molar-refractivity contribution in [1.82, 2.24) is 10.3 Å². The summed E-state index contributed by atoms with van der Waals surface area (Å²) in [6.45, 7) is 3.81. The van der Waals surface area contributed by atoms with Crippen LogP contribution >= 0.6 is 0 Å².